The summed E-state index contributed by atoms with van der Waals surface area (Å²) in [6.45, 7) is 8.86. The minimum atomic E-state index is -1.05. The van der Waals surface area contributed by atoms with Gasteiger partial charge in [0.15, 0.2) is 0 Å². The number of hydrogen-bond donors (Lipinski definition) is 1. The highest BCUT2D eigenvalue weighted by Gasteiger charge is 2.52. The Bertz CT molecular complexity index is 1110. The van der Waals surface area contributed by atoms with Crippen LogP contribution in [0.3, 0.4) is 0 Å². The molecule has 0 bridgehead atoms. The van der Waals surface area contributed by atoms with E-state index in [9.17, 15) is 14.7 Å². The number of amides is 1. The molecule has 2 heterocycles. The summed E-state index contributed by atoms with van der Waals surface area (Å²) in [4.78, 5) is 30.7. The van der Waals surface area contributed by atoms with Gasteiger partial charge in [0.1, 0.15) is 0 Å². The summed E-state index contributed by atoms with van der Waals surface area (Å²) in [5.41, 5.74) is 0.927. The van der Waals surface area contributed by atoms with Gasteiger partial charge in [-0.1, -0.05) is 61.3 Å². The van der Waals surface area contributed by atoms with Gasteiger partial charge in [-0.3, -0.25) is 14.5 Å². The molecule has 2 aromatic carbocycles. The molecule has 1 N–H and O–H groups in total. The number of carboxylic acids is 1. The Morgan fingerprint density at radius 3 is 2.51 bits per heavy atom. The molecule has 0 saturated carbocycles. The van der Waals surface area contributed by atoms with Crippen LogP contribution >= 0.6 is 23.2 Å². The summed E-state index contributed by atoms with van der Waals surface area (Å²) in [6.07, 6.45) is 0.926. The van der Waals surface area contributed by atoms with E-state index in [1.54, 1.807) is 6.92 Å². The predicted octanol–water partition coefficient (Wildman–Crippen LogP) is 6.03. The molecule has 0 aliphatic carbocycles. The fourth-order valence-electron chi connectivity index (χ4n) is 6.00. The van der Waals surface area contributed by atoms with Crippen LogP contribution in [0.2, 0.25) is 10.0 Å². The van der Waals surface area contributed by atoms with Gasteiger partial charge in [-0.25, -0.2) is 0 Å². The number of piperidine rings is 1. The lowest BCUT2D eigenvalue weighted by Crippen LogP contribution is -2.59. The lowest BCUT2D eigenvalue weighted by Gasteiger charge is -2.53. The molecule has 4 rings (SSSR count). The number of ether oxygens (including phenoxy) is 1. The molecule has 0 aromatic heterocycles. The lowest BCUT2D eigenvalue weighted by molar-refractivity contribution is -0.161. The maximum atomic E-state index is 14.4. The first kappa shape index (κ1) is 27.9. The second-order valence-electron chi connectivity index (χ2n) is 10.7. The summed E-state index contributed by atoms with van der Waals surface area (Å²) in [7, 11) is 0. The van der Waals surface area contributed by atoms with Crippen LogP contribution < -0.4 is 0 Å². The van der Waals surface area contributed by atoms with E-state index in [1.807, 2.05) is 53.4 Å². The minimum absolute atomic E-state index is 0.108. The number of morpholine rings is 1. The van der Waals surface area contributed by atoms with Gasteiger partial charge < -0.3 is 14.7 Å². The Hall–Kier alpha value is -2.12. The first-order valence-electron chi connectivity index (χ1n) is 13.0. The number of benzene rings is 2. The summed E-state index contributed by atoms with van der Waals surface area (Å²) >= 11 is 12.7. The number of carbonyl (C=O) groups excluding carboxylic acids is 1. The van der Waals surface area contributed by atoms with Gasteiger partial charge in [0.05, 0.1) is 31.1 Å². The molecule has 8 heteroatoms. The fraction of sp³-hybridized carbons (Fsp3) is 0.517. The largest absolute Gasteiger partial charge is 0.481 e. The molecule has 2 aliphatic heterocycles. The van der Waals surface area contributed by atoms with E-state index >= 15 is 0 Å². The van der Waals surface area contributed by atoms with Gasteiger partial charge >= 0.3 is 5.97 Å². The minimum Gasteiger partial charge on any atom is -0.481 e. The number of rotatable bonds is 8. The van der Waals surface area contributed by atoms with E-state index in [4.69, 9.17) is 27.9 Å². The van der Waals surface area contributed by atoms with Crippen LogP contribution in [-0.4, -0.2) is 65.2 Å². The SMILES string of the molecule is CC[C@@H](CN1CCOCC1C)N1C(=O)[C@](C)(CC(=O)O)C[C@H](c2cccc(Cl)c2)[C@H]1c1ccc(Cl)cc1. The smallest absolute Gasteiger partial charge is 0.304 e. The molecular formula is C29H36Cl2N2O4. The number of aliphatic carboxylic acids is 1. The topological polar surface area (TPSA) is 70.1 Å². The number of likely N-dealkylation sites (tertiary alicyclic amines) is 1. The molecule has 6 nitrogen and oxygen atoms in total. The molecule has 2 saturated heterocycles. The second kappa shape index (κ2) is 11.7. The van der Waals surface area contributed by atoms with Crippen molar-refractivity contribution in [2.24, 2.45) is 5.41 Å². The highest BCUT2D eigenvalue weighted by atomic mass is 35.5. The molecule has 37 heavy (non-hydrogen) atoms. The van der Waals surface area contributed by atoms with E-state index in [-0.39, 0.29) is 36.4 Å². The Morgan fingerprint density at radius 1 is 1.16 bits per heavy atom. The van der Waals surface area contributed by atoms with Crippen LogP contribution in [0.4, 0.5) is 0 Å². The molecule has 2 aromatic rings. The first-order chi connectivity index (χ1) is 17.6. The van der Waals surface area contributed by atoms with Crippen LogP contribution in [0.25, 0.3) is 0 Å². The van der Waals surface area contributed by atoms with Crippen molar-refractivity contribution >= 4 is 35.1 Å². The summed E-state index contributed by atoms with van der Waals surface area (Å²) in [5, 5.41) is 11.1. The number of carbonyl (C=O) groups is 2. The van der Waals surface area contributed by atoms with Crippen molar-refractivity contribution in [3.63, 3.8) is 0 Å². The number of halogens is 2. The van der Waals surface area contributed by atoms with Crippen LogP contribution in [0.5, 0.6) is 0 Å². The van der Waals surface area contributed by atoms with Crippen molar-refractivity contribution in [2.45, 2.75) is 64.1 Å². The van der Waals surface area contributed by atoms with E-state index in [1.165, 1.54) is 0 Å². The van der Waals surface area contributed by atoms with E-state index in [2.05, 4.69) is 18.7 Å². The molecule has 0 spiro atoms. The fourth-order valence-corrected chi connectivity index (χ4v) is 6.32. The zero-order valence-corrected chi connectivity index (χ0v) is 23.2. The van der Waals surface area contributed by atoms with Gasteiger partial charge in [-0.05, 0) is 55.2 Å². The molecule has 0 radical (unpaired) electrons. The maximum absolute atomic E-state index is 14.4. The number of carboxylic acid groups (broad SMARTS) is 1. The summed E-state index contributed by atoms with van der Waals surface area (Å²) in [6, 6.07) is 15.2. The third-order valence-corrected chi connectivity index (χ3v) is 8.43. The highest BCUT2D eigenvalue weighted by Crippen LogP contribution is 2.52. The van der Waals surface area contributed by atoms with Crippen molar-refractivity contribution in [1.82, 2.24) is 9.80 Å². The predicted molar refractivity (Wildman–Crippen MR) is 146 cm³/mol. The maximum Gasteiger partial charge on any atom is 0.304 e. The Morgan fingerprint density at radius 2 is 1.89 bits per heavy atom. The highest BCUT2D eigenvalue weighted by molar-refractivity contribution is 6.30. The molecule has 5 atom stereocenters. The zero-order valence-electron chi connectivity index (χ0n) is 21.7. The molecule has 1 unspecified atom stereocenters. The Kier molecular flexibility index (Phi) is 8.85. The van der Waals surface area contributed by atoms with Crippen molar-refractivity contribution in [3.8, 4) is 0 Å². The molecular weight excluding hydrogens is 511 g/mol. The average Bonchev–Trinajstić information content (AvgIpc) is 2.85. The van der Waals surface area contributed by atoms with E-state index in [0.717, 1.165) is 24.1 Å². The standard InChI is InChI=1S/C29H36Cl2N2O4/c1-4-24(17-32-12-13-37-18-19(32)2)33-27(20-8-10-22(30)11-9-20)25(21-6-5-7-23(31)14-21)15-29(3,28(33)36)16-26(34)35/h5-11,14,19,24-25,27H,4,12-13,15-18H2,1-3H3,(H,34,35)/t19?,24-,25+,27+,29-/m0/s1. The lowest BCUT2D eigenvalue weighted by atomic mass is 9.67. The first-order valence-corrected chi connectivity index (χ1v) is 13.8. The van der Waals surface area contributed by atoms with Crippen LogP contribution in [0, 0.1) is 5.41 Å². The van der Waals surface area contributed by atoms with Crippen molar-refractivity contribution in [1.29, 1.82) is 0 Å². The molecule has 1 amide bonds. The normalized spacial score (nSPS) is 27.8. The van der Waals surface area contributed by atoms with Crippen LogP contribution in [0.15, 0.2) is 48.5 Å². The molecule has 200 valence electrons. The third-order valence-electron chi connectivity index (χ3n) is 7.95. The molecule has 2 fully saturated rings. The van der Waals surface area contributed by atoms with Crippen LogP contribution in [-0.2, 0) is 14.3 Å². The van der Waals surface area contributed by atoms with Crippen molar-refractivity contribution < 1.29 is 19.4 Å². The van der Waals surface area contributed by atoms with Gasteiger partial charge in [0.25, 0.3) is 0 Å². The summed E-state index contributed by atoms with van der Waals surface area (Å²) < 4.78 is 5.65. The van der Waals surface area contributed by atoms with E-state index < -0.39 is 11.4 Å². The molecule has 2 aliphatic rings. The zero-order chi connectivity index (χ0) is 26.7. The van der Waals surface area contributed by atoms with Crippen molar-refractivity contribution in [2.75, 3.05) is 26.3 Å². The monoisotopic (exact) mass is 546 g/mol. The van der Waals surface area contributed by atoms with Gasteiger partial charge in [0, 0.05) is 41.1 Å². The average molecular weight is 548 g/mol. The quantitative estimate of drug-likeness (QED) is 0.437. The number of nitrogens with zero attached hydrogens (tertiary/aromatic N) is 2. The third kappa shape index (κ3) is 6.14. The Labute approximate surface area is 229 Å². The van der Waals surface area contributed by atoms with Crippen LogP contribution in [0.1, 0.15) is 63.1 Å². The van der Waals surface area contributed by atoms with Gasteiger partial charge in [-0.15, -0.1) is 0 Å². The van der Waals surface area contributed by atoms with Crippen molar-refractivity contribution in [3.05, 3.63) is 69.7 Å². The summed E-state index contributed by atoms with van der Waals surface area (Å²) in [5.74, 6) is -1.22. The Balaban J connectivity index is 1.85. The van der Waals surface area contributed by atoms with E-state index in [0.29, 0.717) is 36.2 Å². The van der Waals surface area contributed by atoms with Gasteiger partial charge in [-0.2, -0.15) is 0 Å². The second-order valence-corrected chi connectivity index (χ2v) is 11.6. The van der Waals surface area contributed by atoms with Gasteiger partial charge in [0.2, 0.25) is 5.91 Å². The number of hydrogen-bond acceptors (Lipinski definition) is 4.